The summed E-state index contributed by atoms with van der Waals surface area (Å²) in [5.74, 6) is 0. The number of aryl methyl sites for hydroxylation is 1. The van der Waals surface area contributed by atoms with Crippen LogP contribution in [0.5, 0.6) is 0 Å². The van der Waals surface area contributed by atoms with E-state index < -0.39 is 16.2 Å². The molecule has 0 aliphatic rings. The fourth-order valence-corrected chi connectivity index (χ4v) is 2.20. The fraction of sp³-hybridized carbons (Fsp3) is 0.417. The molecule has 0 saturated heterocycles. The molecular formula is C12H15NO4S. The predicted molar refractivity (Wildman–Crippen MR) is 65.2 cm³/mol. The molecule has 1 atom stereocenters. The van der Waals surface area contributed by atoms with Crippen molar-refractivity contribution in [2.75, 3.05) is 6.61 Å². The van der Waals surface area contributed by atoms with Crippen molar-refractivity contribution in [2.24, 2.45) is 0 Å². The van der Waals surface area contributed by atoms with Gasteiger partial charge in [-0.1, -0.05) is 17.7 Å². The first-order chi connectivity index (χ1) is 8.45. The second-order valence-corrected chi connectivity index (χ2v) is 5.52. The molecule has 0 aliphatic heterocycles. The zero-order valence-corrected chi connectivity index (χ0v) is 10.9. The third kappa shape index (κ3) is 4.45. The number of rotatable bonds is 6. The molecule has 1 aromatic rings. The van der Waals surface area contributed by atoms with E-state index in [1.165, 1.54) is 12.1 Å². The summed E-state index contributed by atoms with van der Waals surface area (Å²) in [6.07, 6.45) is -0.598. The van der Waals surface area contributed by atoms with E-state index in [0.29, 0.717) is 0 Å². The van der Waals surface area contributed by atoms with Gasteiger partial charge in [0.1, 0.15) is 0 Å². The second kappa shape index (κ2) is 6.50. The normalized spacial score (nSPS) is 12.9. The first-order valence-electron chi connectivity index (χ1n) is 5.47. The van der Waals surface area contributed by atoms with E-state index in [4.69, 9.17) is 9.44 Å². The lowest BCUT2D eigenvalue weighted by atomic mass is 10.2. The molecule has 0 amide bonds. The Morgan fingerprint density at radius 2 is 2.00 bits per heavy atom. The highest BCUT2D eigenvalue weighted by molar-refractivity contribution is 7.86. The van der Waals surface area contributed by atoms with Crippen LogP contribution in [0.1, 0.15) is 18.4 Å². The first kappa shape index (κ1) is 14.6. The second-order valence-electron chi connectivity index (χ2n) is 3.90. The number of aliphatic hydroxyl groups excluding tert-OH is 1. The van der Waals surface area contributed by atoms with Crippen LogP contribution < -0.4 is 0 Å². The Labute approximate surface area is 107 Å². The van der Waals surface area contributed by atoms with Crippen LogP contribution in [0.3, 0.4) is 0 Å². The molecule has 98 valence electrons. The largest absolute Gasteiger partial charge is 0.391 e. The molecule has 0 fully saturated rings. The Kier molecular flexibility index (Phi) is 5.28. The summed E-state index contributed by atoms with van der Waals surface area (Å²) in [6, 6.07) is 8.11. The summed E-state index contributed by atoms with van der Waals surface area (Å²) in [6.45, 7) is 1.51. The molecule has 6 heteroatoms. The minimum atomic E-state index is -3.84. The maximum atomic E-state index is 11.7. The van der Waals surface area contributed by atoms with Crippen LogP contribution in [0.15, 0.2) is 29.2 Å². The number of hydrogen-bond acceptors (Lipinski definition) is 5. The molecule has 5 nitrogen and oxygen atoms in total. The molecule has 0 spiro atoms. The standard InChI is InChI=1S/C12H15NO4S/c1-10-4-6-12(7-5-10)18(15,16)17-9-11(14)3-2-8-13/h4-7,11,14H,2-3,9H2,1H3/t11-/m0/s1. The molecule has 0 unspecified atom stereocenters. The molecule has 1 aromatic carbocycles. The summed E-state index contributed by atoms with van der Waals surface area (Å²) in [5.41, 5.74) is 0.947. The lowest BCUT2D eigenvalue weighted by Crippen LogP contribution is -2.18. The monoisotopic (exact) mass is 269 g/mol. The van der Waals surface area contributed by atoms with Gasteiger partial charge in [0.15, 0.2) is 0 Å². The van der Waals surface area contributed by atoms with Gasteiger partial charge < -0.3 is 5.11 Å². The highest BCUT2D eigenvalue weighted by Gasteiger charge is 2.17. The Balaban J connectivity index is 2.60. The minimum absolute atomic E-state index is 0.0561. The van der Waals surface area contributed by atoms with Crippen molar-refractivity contribution in [3.63, 3.8) is 0 Å². The van der Waals surface area contributed by atoms with Crippen LogP contribution >= 0.6 is 0 Å². The molecule has 0 saturated carbocycles. The van der Waals surface area contributed by atoms with Crippen molar-refractivity contribution in [3.05, 3.63) is 29.8 Å². The van der Waals surface area contributed by atoms with Crippen LogP contribution in [0, 0.1) is 18.3 Å². The Bertz CT molecular complexity index is 516. The van der Waals surface area contributed by atoms with E-state index in [-0.39, 0.29) is 24.3 Å². The Morgan fingerprint density at radius 3 is 2.56 bits per heavy atom. The van der Waals surface area contributed by atoms with Crippen LogP contribution in [0.4, 0.5) is 0 Å². The first-order valence-corrected chi connectivity index (χ1v) is 6.87. The summed E-state index contributed by atoms with van der Waals surface area (Å²) < 4.78 is 28.2. The molecule has 0 aliphatic carbocycles. The van der Waals surface area contributed by atoms with E-state index in [1.54, 1.807) is 12.1 Å². The van der Waals surface area contributed by atoms with Crippen molar-refractivity contribution in [2.45, 2.75) is 30.8 Å². The topological polar surface area (TPSA) is 87.4 Å². The average molecular weight is 269 g/mol. The van der Waals surface area contributed by atoms with Crippen molar-refractivity contribution in [1.82, 2.24) is 0 Å². The van der Waals surface area contributed by atoms with Gasteiger partial charge in [-0.2, -0.15) is 13.7 Å². The summed E-state index contributed by atoms with van der Waals surface area (Å²) in [4.78, 5) is 0.0561. The van der Waals surface area contributed by atoms with E-state index in [9.17, 15) is 13.5 Å². The van der Waals surface area contributed by atoms with E-state index >= 15 is 0 Å². The fourth-order valence-electron chi connectivity index (χ4n) is 1.26. The van der Waals surface area contributed by atoms with Gasteiger partial charge in [-0.25, -0.2) is 0 Å². The molecule has 0 heterocycles. The average Bonchev–Trinajstić information content (AvgIpc) is 2.34. The van der Waals surface area contributed by atoms with Gasteiger partial charge in [0.05, 0.1) is 23.7 Å². The van der Waals surface area contributed by atoms with Crippen molar-refractivity contribution in [3.8, 4) is 6.07 Å². The maximum absolute atomic E-state index is 11.7. The van der Waals surface area contributed by atoms with Crippen LogP contribution in [-0.4, -0.2) is 26.2 Å². The Hall–Kier alpha value is -1.42. The van der Waals surface area contributed by atoms with E-state index in [0.717, 1.165) is 5.56 Å². The van der Waals surface area contributed by atoms with Gasteiger partial charge in [0.25, 0.3) is 10.1 Å². The zero-order valence-electron chi connectivity index (χ0n) is 10.0. The highest BCUT2D eigenvalue weighted by Crippen LogP contribution is 2.13. The SMILES string of the molecule is Cc1ccc(S(=O)(=O)OC[C@@H](O)CCC#N)cc1. The van der Waals surface area contributed by atoms with Crippen LogP contribution in [0.25, 0.3) is 0 Å². The van der Waals surface area contributed by atoms with E-state index in [2.05, 4.69) is 0 Å². The molecule has 0 aromatic heterocycles. The zero-order chi connectivity index (χ0) is 13.6. The number of nitriles is 1. The quantitative estimate of drug-likeness (QED) is 0.788. The van der Waals surface area contributed by atoms with Gasteiger partial charge >= 0.3 is 0 Å². The Morgan fingerprint density at radius 1 is 1.39 bits per heavy atom. The molecule has 1 rings (SSSR count). The van der Waals surface area contributed by atoms with Crippen molar-refractivity contribution in [1.29, 1.82) is 5.26 Å². The smallest absolute Gasteiger partial charge is 0.297 e. The molecule has 18 heavy (non-hydrogen) atoms. The minimum Gasteiger partial charge on any atom is -0.391 e. The van der Waals surface area contributed by atoms with E-state index in [1.807, 2.05) is 13.0 Å². The molecular weight excluding hydrogens is 254 g/mol. The highest BCUT2D eigenvalue weighted by atomic mass is 32.2. The van der Waals surface area contributed by atoms with Gasteiger partial charge in [-0.15, -0.1) is 0 Å². The number of benzene rings is 1. The van der Waals surface area contributed by atoms with Gasteiger partial charge in [0, 0.05) is 6.42 Å². The number of nitrogens with zero attached hydrogens (tertiary/aromatic N) is 1. The molecule has 0 radical (unpaired) electrons. The van der Waals surface area contributed by atoms with Gasteiger partial charge in [-0.05, 0) is 25.5 Å². The predicted octanol–water partition coefficient (Wildman–Crippen LogP) is 1.36. The van der Waals surface area contributed by atoms with Gasteiger partial charge in [0.2, 0.25) is 0 Å². The van der Waals surface area contributed by atoms with Gasteiger partial charge in [-0.3, -0.25) is 4.18 Å². The molecule has 0 bridgehead atoms. The number of hydrogen-bond donors (Lipinski definition) is 1. The maximum Gasteiger partial charge on any atom is 0.297 e. The van der Waals surface area contributed by atoms with Crippen molar-refractivity contribution < 1.29 is 17.7 Å². The third-order valence-electron chi connectivity index (χ3n) is 2.31. The lowest BCUT2D eigenvalue weighted by molar-refractivity contribution is 0.104. The summed E-state index contributed by atoms with van der Waals surface area (Å²) in [5, 5.41) is 17.7. The number of aliphatic hydroxyl groups is 1. The summed E-state index contributed by atoms with van der Waals surface area (Å²) >= 11 is 0. The van der Waals surface area contributed by atoms with Crippen molar-refractivity contribution >= 4 is 10.1 Å². The van der Waals surface area contributed by atoms with Crippen LogP contribution in [-0.2, 0) is 14.3 Å². The third-order valence-corrected chi connectivity index (χ3v) is 3.61. The van der Waals surface area contributed by atoms with Crippen LogP contribution in [0.2, 0.25) is 0 Å². The summed E-state index contributed by atoms with van der Waals surface area (Å²) in [7, 11) is -3.84. The lowest BCUT2D eigenvalue weighted by Gasteiger charge is -2.09. The molecule has 1 N–H and O–H groups in total.